The Balaban J connectivity index is 0.00000341. The van der Waals surface area contributed by atoms with Crippen molar-refractivity contribution < 1.29 is 23.6 Å². The van der Waals surface area contributed by atoms with E-state index in [2.05, 4.69) is 10.3 Å². The molecule has 0 saturated heterocycles. The summed E-state index contributed by atoms with van der Waals surface area (Å²) in [6, 6.07) is 16.2. The molecule has 0 aliphatic heterocycles. The van der Waals surface area contributed by atoms with Crippen LogP contribution in [0.15, 0.2) is 77.0 Å². The highest BCUT2D eigenvalue weighted by atomic mass is 35.5. The number of nitrogens with two attached hydrogens (primary N) is 2. The number of benzene rings is 3. The fourth-order valence-corrected chi connectivity index (χ4v) is 2.98. The minimum Gasteiger partial charge on any atom is -0.409 e. The monoisotopic (exact) mass is 450 g/mol. The zero-order valence-electron chi connectivity index (χ0n) is 15.8. The molecule has 6 nitrogen and oxygen atoms in total. The zero-order chi connectivity index (χ0) is 21.9. The summed E-state index contributed by atoms with van der Waals surface area (Å²) < 4.78 is 41.3. The van der Waals surface area contributed by atoms with Crippen LogP contribution in [-0.4, -0.2) is 22.1 Å². The zero-order valence-corrected chi connectivity index (χ0v) is 16.7. The van der Waals surface area contributed by atoms with Gasteiger partial charge in [-0.15, -0.1) is 12.4 Å². The van der Waals surface area contributed by atoms with E-state index < -0.39 is 11.7 Å². The summed E-state index contributed by atoms with van der Waals surface area (Å²) in [7, 11) is 0. The Bertz CT molecular complexity index is 1110. The highest BCUT2D eigenvalue weighted by Crippen LogP contribution is 2.39. The van der Waals surface area contributed by atoms with Crippen LogP contribution in [-0.2, 0) is 6.18 Å². The molecule has 3 aromatic rings. The molecular weight excluding hydrogens is 433 g/mol. The Hall–Kier alpha value is -3.72. The summed E-state index contributed by atoms with van der Waals surface area (Å²) in [5.41, 5.74) is 12.3. The molecule has 0 fully saturated rings. The van der Waals surface area contributed by atoms with E-state index in [4.69, 9.17) is 21.9 Å². The molecule has 3 aromatic carbocycles. The van der Waals surface area contributed by atoms with Crippen molar-refractivity contribution in [2.45, 2.75) is 6.18 Å². The van der Waals surface area contributed by atoms with E-state index in [1.165, 1.54) is 30.3 Å². The lowest BCUT2D eigenvalue weighted by Gasteiger charge is -2.15. The molecule has 0 heterocycles. The Morgan fingerprint density at radius 3 is 1.52 bits per heavy atom. The molecule has 31 heavy (non-hydrogen) atoms. The van der Waals surface area contributed by atoms with Crippen LogP contribution >= 0.6 is 12.4 Å². The van der Waals surface area contributed by atoms with Crippen LogP contribution in [0.25, 0.3) is 22.3 Å². The number of amidine groups is 2. The van der Waals surface area contributed by atoms with Gasteiger partial charge in [0.05, 0.1) is 5.56 Å². The van der Waals surface area contributed by atoms with E-state index in [9.17, 15) is 13.2 Å². The minimum atomic E-state index is -4.58. The predicted molar refractivity (Wildman–Crippen MR) is 115 cm³/mol. The Morgan fingerprint density at radius 2 is 1.10 bits per heavy atom. The average Bonchev–Trinajstić information content (AvgIpc) is 2.77. The van der Waals surface area contributed by atoms with Gasteiger partial charge in [0.15, 0.2) is 11.7 Å². The first-order valence-corrected chi connectivity index (χ1v) is 8.62. The molecule has 0 saturated carbocycles. The third kappa shape index (κ3) is 5.07. The maximum Gasteiger partial charge on any atom is 0.417 e. The van der Waals surface area contributed by atoms with E-state index in [1.54, 1.807) is 30.3 Å². The molecule has 0 spiro atoms. The third-order valence-electron chi connectivity index (χ3n) is 4.55. The quantitative estimate of drug-likeness (QED) is 0.200. The molecule has 6 N–H and O–H groups in total. The van der Waals surface area contributed by atoms with Gasteiger partial charge in [-0.1, -0.05) is 71.0 Å². The lowest BCUT2D eigenvalue weighted by atomic mass is 9.93. The minimum absolute atomic E-state index is 0. The standard InChI is InChI=1S/C21H17F3N4O2.ClH/c22-21(23,24)18-11-16(12-1-5-14(6-2-12)19(25)27-29)9-10-17(18)13-3-7-15(8-4-13)20(26)28-30;/h1-11,29-30H,(H2,25,27)(H2,26,28);1H. The summed E-state index contributed by atoms with van der Waals surface area (Å²) in [6.07, 6.45) is -4.58. The number of nitrogens with zero attached hydrogens (tertiary/aromatic N) is 2. The number of hydrogen-bond acceptors (Lipinski definition) is 4. The van der Waals surface area contributed by atoms with E-state index in [0.29, 0.717) is 27.8 Å². The number of oxime groups is 2. The molecule has 162 valence electrons. The maximum absolute atomic E-state index is 13.8. The van der Waals surface area contributed by atoms with Crippen molar-refractivity contribution in [2.75, 3.05) is 0 Å². The lowest BCUT2D eigenvalue weighted by Crippen LogP contribution is -2.13. The van der Waals surface area contributed by atoms with Crippen LogP contribution in [0.5, 0.6) is 0 Å². The van der Waals surface area contributed by atoms with Gasteiger partial charge in [0.1, 0.15) is 0 Å². The van der Waals surface area contributed by atoms with E-state index in [-0.39, 0.29) is 29.6 Å². The lowest BCUT2D eigenvalue weighted by molar-refractivity contribution is -0.137. The van der Waals surface area contributed by atoms with Crippen LogP contribution < -0.4 is 11.5 Å². The predicted octanol–water partition coefficient (Wildman–Crippen LogP) is 4.65. The molecule has 3 rings (SSSR count). The first-order valence-electron chi connectivity index (χ1n) is 8.62. The van der Waals surface area contributed by atoms with Crippen molar-refractivity contribution >= 4 is 24.1 Å². The summed E-state index contributed by atoms with van der Waals surface area (Å²) in [4.78, 5) is 0. The molecule has 0 aromatic heterocycles. The first kappa shape index (κ1) is 23.6. The molecule has 0 bridgehead atoms. The largest absolute Gasteiger partial charge is 0.417 e. The van der Waals surface area contributed by atoms with Crippen LogP contribution in [0.1, 0.15) is 16.7 Å². The number of alkyl halides is 3. The molecule has 0 atom stereocenters. The third-order valence-corrected chi connectivity index (χ3v) is 4.55. The van der Waals surface area contributed by atoms with E-state index in [0.717, 1.165) is 6.07 Å². The van der Waals surface area contributed by atoms with Crippen molar-refractivity contribution in [3.05, 3.63) is 83.4 Å². The summed E-state index contributed by atoms with van der Waals surface area (Å²) in [5, 5.41) is 23.2. The summed E-state index contributed by atoms with van der Waals surface area (Å²) in [6.45, 7) is 0. The van der Waals surface area contributed by atoms with Gasteiger partial charge in [0, 0.05) is 11.1 Å². The van der Waals surface area contributed by atoms with Crippen LogP contribution in [0.4, 0.5) is 13.2 Å². The highest BCUT2D eigenvalue weighted by molar-refractivity contribution is 5.98. The van der Waals surface area contributed by atoms with Gasteiger partial charge >= 0.3 is 6.18 Å². The van der Waals surface area contributed by atoms with Gasteiger partial charge in [-0.25, -0.2) is 0 Å². The van der Waals surface area contributed by atoms with Gasteiger partial charge in [0.2, 0.25) is 0 Å². The number of rotatable bonds is 4. The van der Waals surface area contributed by atoms with Gasteiger partial charge in [-0.05, 0) is 28.3 Å². The topological polar surface area (TPSA) is 117 Å². The average molecular weight is 451 g/mol. The maximum atomic E-state index is 13.8. The fourth-order valence-electron chi connectivity index (χ4n) is 2.98. The van der Waals surface area contributed by atoms with Crippen molar-refractivity contribution in [3.63, 3.8) is 0 Å². The van der Waals surface area contributed by atoms with Crippen molar-refractivity contribution in [1.82, 2.24) is 0 Å². The Morgan fingerprint density at radius 1 is 0.677 bits per heavy atom. The van der Waals surface area contributed by atoms with Gasteiger partial charge in [-0.2, -0.15) is 13.2 Å². The summed E-state index contributed by atoms with van der Waals surface area (Å²) in [5.74, 6) is -0.230. The Labute approximate surface area is 181 Å². The van der Waals surface area contributed by atoms with Gasteiger partial charge < -0.3 is 21.9 Å². The molecule has 10 heteroatoms. The second-order valence-corrected chi connectivity index (χ2v) is 6.38. The molecular formula is C21H18ClF3N4O2. The van der Waals surface area contributed by atoms with Crippen molar-refractivity contribution in [2.24, 2.45) is 21.8 Å². The molecule has 0 amide bonds. The summed E-state index contributed by atoms with van der Waals surface area (Å²) >= 11 is 0. The van der Waals surface area contributed by atoms with Gasteiger partial charge in [0.25, 0.3) is 0 Å². The normalized spacial score (nSPS) is 12.4. The Kier molecular flexibility index (Phi) is 7.14. The number of hydrogen-bond donors (Lipinski definition) is 4. The van der Waals surface area contributed by atoms with Crippen LogP contribution in [0.3, 0.4) is 0 Å². The van der Waals surface area contributed by atoms with E-state index in [1.807, 2.05) is 0 Å². The SMILES string of the molecule is Cl.N/C(=N\O)c1ccc(-c2ccc(-c3ccc(/C(N)=N/O)cc3)c(C(F)(F)F)c2)cc1. The second-order valence-electron chi connectivity index (χ2n) is 6.38. The molecule has 0 unspecified atom stereocenters. The van der Waals surface area contributed by atoms with Gasteiger partial charge in [-0.3, -0.25) is 0 Å². The fraction of sp³-hybridized carbons (Fsp3) is 0.0476. The van der Waals surface area contributed by atoms with Crippen LogP contribution in [0.2, 0.25) is 0 Å². The highest BCUT2D eigenvalue weighted by Gasteiger charge is 2.34. The number of halogens is 4. The molecule has 0 radical (unpaired) electrons. The molecule has 0 aliphatic rings. The smallest absolute Gasteiger partial charge is 0.409 e. The molecule has 0 aliphatic carbocycles. The second kappa shape index (κ2) is 9.40. The van der Waals surface area contributed by atoms with Crippen LogP contribution in [0, 0.1) is 0 Å². The van der Waals surface area contributed by atoms with E-state index >= 15 is 0 Å². The van der Waals surface area contributed by atoms with Crippen molar-refractivity contribution in [3.8, 4) is 22.3 Å². The first-order chi connectivity index (χ1) is 14.2. The van der Waals surface area contributed by atoms with Crippen molar-refractivity contribution in [1.29, 1.82) is 0 Å².